The van der Waals surface area contributed by atoms with E-state index in [4.69, 9.17) is 0 Å². The van der Waals surface area contributed by atoms with Crippen molar-refractivity contribution in [3.05, 3.63) is 0 Å². The van der Waals surface area contributed by atoms with Crippen LogP contribution in [0.1, 0.15) is 32.6 Å². The third kappa shape index (κ3) is 3.16. The summed E-state index contributed by atoms with van der Waals surface area (Å²) in [7, 11) is 2.24. The van der Waals surface area contributed by atoms with Gasteiger partial charge in [-0.2, -0.15) is 0 Å². The molecular weight excluding hydrogens is 186 g/mol. The minimum atomic E-state index is 0.736. The van der Waals surface area contributed by atoms with Crippen LogP contribution in [0.25, 0.3) is 0 Å². The van der Waals surface area contributed by atoms with Crippen molar-refractivity contribution in [1.29, 1.82) is 0 Å². The fourth-order valence-corrected chi connectivity index (χ4v) is 2.71. The smallest absolute Gasteiger partial charge is 0.0193 e. The summed E-state index contributed by atoms with van der Waals surface area (Å²) >= 11 is 0. The van der Waals surface area contributed by atoms with Gasteiger partial charge in [0.25, 0.3) is 0 Å². The summed E-state index contributed by atoms with van der Waals surface area (Å²) < 4.78 is 0. The fraction of sp³-hybridized carbons (Fsp3) is 1.00. The molecule has 2 N–H and O–H groups in total. The van der Waals surface area contributed by atoms with E-state index in [1.165, 1.54) is 45.3 Å². The Morgan fingerprint density at radius 1 is 1.40 bits per heavy atom. The van der Waals surface area contributed by atoms with E-state index in [1.807, 2.05) is 0 Å². The first-order chi connectivity index (χ1) is 7.25. The van der Waals surface area contributed by atoms with Crippen LogP contribution in [0.5, 0.6) is 0 Å². The second-order valence-corrected chi connectivity index (χ2v) is 5.25. The van der Waals surface area contributed by atoms with E-state index >= 15 is 0 Å². The van der Waals surface area contributed by atoms with Gasteiger partial charge in [-0.1, -0.05) is 0 Å². The first kappa shape index (κ1) is 11.4. The lowest BCUT2D eigenvalue weighted by Crippen LogP contribution is -2.48. The normalized spacial score (nSPS) is 38.4. The van der Waals surface area contributed by atoms with Crippen molar-refractivity contribution in [2.45, 2.75) is 50.7 Å². The van der Waals surface area contributed by atoms with Gasteiger partial charge in [0.15, 0.2) is 0 Å². The predicted molar refractivity (Wildman–Crippen MR) is 64.1 cm³/mol. The molecule has 0 amide bonds. The molecule has 0 saturated carbocycles. The van der Waals surface area contributed by atoms with E-state index in [9.17, 15) is 0 Å². The van der Waals surface area contributed by atoms with Gasteiger partial charge in [-0.3, -0.25) is 0 Å². The van der Waals surface area contributed by atoms with Crippen molar-refractivity contribution in [1.82, 2.24) is 15.5 Å². The number of hydrogen-bond donors (Lipinski definition) is 2. The Hall–Kier alpha value is -0.120. The van der Waals surface area contributed by atoms with Crippen molar-refractivity contribution >= 4 is 0 Å². The molecule has 2 fully saturated rings. The van der Waals surface area contributed by atoms with Crippen molar-refractivity contribution in [3.8, 4) is 0 Å². The largest absolute Gasteiger partial charge is 0.313 e. The molecule has 0 spiro atoms. The van der Waals surface area contributed by atoms with Gasteiger partial charge < -0.3 is 15.5 Å². The molecule has 2 heterocycles. The highest BCUT2D eigenvalue weighted by Crippen LogP contribution is 2.15. The van der Waals surface area contributed by atoms with E-state index in [0.717, 1.165) is 18.1 Å². The first-order valence-electron chi connectivity index (χ1n) is 6.42. The lowest BCUT2D eigenvalue weighted by molar-refractivity contribution is 0.167. The van der Waals surface area contributed by atoms with Crippen LogP contribution in [0.4, 0.5) is 0 Å². The van der Waals surface area contributed by atoms with Crippen molar-refractivity contribution in [2.75, 3.05) is 26.7 Å². The Labute approximate surface area is 93.6 Å². The zero-order chi connectivity index (χ0) is 10.7. The topological polar surface area (TPSA) is 27.3 Å². The van der Waals surface area contributed by atoms with Crippen LogP contribution in [0.3, 0.4) is 0 Å². The molecule has 0 aliphatic carbocycles. The van der Waals surface area contributed by atoms with Crippen LogP contribution >= 0.6 is 0 Å². The van der Waals surface area contributed by atoms with Gasteiger partial charge in [0.2, 0.25) is 0 Å². The first-order valence-corrected chi connectivity index (χ1v) is 6.42. The highest BCUT2D eigenvalue weighted by atomic mass is 15.1. The second kappa shape index (κ2) is 5.28. The second-order valence-electron chi connectivity index (χ2n) is 5.25. The van der Waals surface area contributed by atoms with Crippen LogP contribution in [-0.2, 0) is 0 Å². The van der Waals surface area contributed by atoms with Gasteiger partial charge in [0.05, 0.1) is 0 Å². The van der Waals surface area contributed by atoms with Gasteiger partial charge >= 0.3 is 0 Å². The molecule has 15 heavy (non-hydrogen) atoms. The maximum atomic E-state index is 3.73. The molecular formula is C12H25N3. The molecule has 0 aromatic carbocycles. The van der Waals surface area contributed by atoms with E-state index in [2.05, 4.69) is 29.5 Å². The Bertz CT molecular complexity index is 189. The van der Waals surface area contributed by atoms with Crippen LogP contribution in [0.15, 0.2) is 0 Å². The maximum Gasteiger partial charge on any atom is 0.0193 e. The van der Waals surface area contributed by atoms with E-state index in [0.29, 0.717) is 0 Å². The van der Waals surface area contributed by atoms with Crippen LogP contribution in [0, 0.1) is 0 Å². The van der Waals surface area contributed by atoms with E-state index < -0.39 is 0 Å². The summed E-state index contributed by atoms with van der Waals surface area (Å²) in [5, 5.41) is 7.27. The standard InChI is InChI=1S/C12H25N3/c1-10-8-11(5-7-15(10)2)14-9-12-4-3-6-13-12/h10-14H,3-9H2,1-2H3. The summed E-state index contributed by atoms with van der Waals surface area (Å²) in [5.41, 5.74) is 0. The van der Waals surface area contributed by atoms with E-state index in [-0.39, 0.29) is 0 Å². The summed E-state index contributed by atoms with van der Waals surface area (Å²) in [6.45, 7) is 5.97. The van der Waals surface area contributed by atoms with Crippen LogP contribution in [-0.4, -0.2) is 49.7 Å². The number of piperidine rings is 1. The average molecular weight is 211 g/mol. The average Bonchev–Trinajstić information content (AvgIpc) is 2.73. The summed E-state index contributed by atoms with van der Waals surface area (Å²) in [6, 6.07) is 2.23. The molecule has 0 bridgehead atoms. The Morgan fingerprint density at radius 2 is 2.27 bits per heavy atom. The van der Waals surface area contributed by atoms with Gasteiger partial charge in [-0.15, -0.1) is 0 Å². The maximum absolute atomic E-state index is 3.73. The molecule has 3 nitrogen and oxygen atoms in total. The molecule has 88 valence electrons. The van der Waals surface area contributed by atoms with Gasteiger partial charge in [-0.25, -0.2) is 0 Å². The minimum Gasteiger partial charge on any atom is -0.313 e. The molecule has 3 unspecified atom stereocenters. The molecule has 2 rings (SSSR count). The highest BCUT2D eigenvalue weighted by Gasteiger charge is 2.23. The molecule has 2 aliphatic rings. The van der Waals surface area contributed by atoms with Crippen molar-refractivity contribution in [2.24, 2.45) is 0 Å². The molecule has 2 saturated heterocycles. The molecule has 0 aromatic heterocycles. The SMILES string of the molecule is CC1CC(NCC2CCCN2)CCN1C. The Morgan fingerprint density at radius 3 is 2.93 bits per heavy atom. The van der Waals surface area contributed by atoms with E-state index in [1.54, 1.807) is 0 Å². The summed E-state index contributed by atoms with van der Waals surface area (Å²) in [6.07, 6.45) is 5.34. The fourth-order valence-electron chi connectivity index (χ4n) is 2.71. The number of likely N-dealkylation sites (tertiary alicyclic amines) is 1. The van der Waals surface area contributed by atoms with Crippen LogP contribution < -0.4 is 10.6 Å². The van der Waals surface area contributed by atoms with Gasteiger partial charge in [0, 0.05) is 24.7 Å². The molecule has 2 aliphatic heterocycles. The quantitative estimate of drug-likeness (QED) is 0.723. The third-order valence-corrected chi connectivity index (χ3v) is 4.02. The Balaban J connectivity index is 1.66. The monoisotopic (exact) mass is 211 g/mol. The number of rotatable bonds is 3. The minimum absolute atomic E-state index is 0.736. The van der Waals surface area contributed by atoms with Crippen molar-refractivity contribution < 1.29 is 0 Å². The van der Waals surface area contributed by atoms with Gasteiger partial charge in [0.1, 0.15) is 0 Å². The molecule has 3 heteroatoms. The zero-order valence-corrected chi connectivity index (χ0v) is 10.1. The summed E-state index contributed by atoms with van der Waals surface area (Å²) in [4.78, 5) is 2.46. The van der Waals surface area contributed by atoms with Gasteiger partial charge in [-0.05, 0) is 52.7 Å². The number of nitrogens with zero attached hydrogens (tertiary/aromatic N) is 1. The highest BCUT2D eigenvalue weighted by molar-refractivity contribution is 4.84. The van der Waals surface area contributed by atoms with Crippen LogP contribution in [0.2, 0.25) is 0 Å². The zero-order valence-electron chi connectivity index (χ0n) is 10.1. The third-order valence-electron chi connectivity index (χ3n) is 4.02. The Kier molecular flexibility index (Phi) is 4.00. The predicted octanol–water partition coefficient (Wildman–Crippen LogP) is 0.811. The molecule has 0 radical (unpaired) electrons. The number of nitrogens with one attached hydrogen (secondary N) is 2. The lowest BCUT2D eigenvalue weighted by atomic mass is 9.98. The summed E-state index contributed by atoms with van der Waals surface area (Å²) in [5.74, 6) is 0. The van der Waals surface area contributed by atoms with Crippen molar-refractivity contribution in [3.63, 3.8) is 0 Å². The number of hydrogen-bond acceptors (Lipinski definition) is 3. The lowest BCUT2D eigenvalue weighted by Gasteiger charge is -2.35. The molecule has 3 atom stereocenters. The molecule has 0 aromatic rings.